The van der Waals surface area contributed by atoms with Gasteiger partial charge < -0.3 is 10.6 Å². The fraction of sp³-hybridized carbons (Fsp3) is 0.214. The quantitative estimate of drug-likeness (QED) is 0.767. The molecule has 3 N–H and O–H groups in total. The number of carbonyl (C=O) groups excluding carboxylic acids is 2. The molecule has 0 aliphatic rings. The van der Waals surface area contributed by atoms with Gasteiger partial charge in [-0.15, -0.1) is 0 Å². The van der Waals surface area contributed by atoms with Crippen LogP contribution >= 0.6 is 0 Å². The number of H-pyrrole nitrogens is 1. The fourth-order valence-electron chi connectivity index (χ4n) is 1.73. The summed E-state index contributed by atoms with van der Waals surface area (Å²) in [5.41, 5.74) is 2.05. The lowest BCUT2D eigenvalue weighted by atomic mass is 10.1. The molecule has 6 nitrogen and oxygen atoms in total. The molecule has 2 aromatic rings. The van der Waals surface area contributed by atoms with Crippen LogP contribution in [0.15, 0.2) is 36.7 Å². The molecule has 0 atom stereocenters. The van der Waals surface area contributed by atoms with Gasteiger partial charge in [-0.05, 0) is 24.6 Å². The highest BCUT2D eigenvalue weighted by Gasteiger charge is 2.07. The van der Waals surface area contributed by atoms with Crippen molar-refractivity contribution in [1.29, 1.82) is 0 Å². The molecule has 2 amide bonds. The first kappa shape index (κ1) is 13.8. The van der Waals surface area contributed by atoms with Gasteiger partial charge in [0.15, 0.2) is 0 Å². The van der Waals surface area contributed by atoms with Crippen molar-refractivity contribution in [2.75, 3.05) is 11.9 Å². The Morgan fingerprint density at radius 3 is 2.60 bits per heavy atom. The first-order valence-corrected chi connectivity index (χ1v) is 6.35. The van der Waals surface area contributed by atoms with E-state index in [1.807, 2.05) is 19.1 Å². The average Bonchev–Trinajstić information content (AvgIpc) is 2.95. The first-order valence-electron chi connectivity index (χ1n) is 6.35. The summed E-state index contributed by atoms with van der Waals surface area (Å²) in [4.78, 5) is 23.2. The van der Waals surface area contributed by atoms with Crippen LogP contribution in [-0.2, 0) is 11.2 Å². The summed E-state index contributed by atoms with van der Waals surface area (Å²) in [6.07, 6.45) is 3.32. The van der Waals surface area contributed by atoms with Crippen LogP contribution in [0.1, 0.15) is 22.8 Å². The van der Waals surface area contributed by atoms with E-state index in [4.69, 9.17) is 0 Å². The molecule has 0 saturated heterocycles. The van der Waals surface area contributed by atoms with Crippen LogP contribution in [-0.4, -0.2) is 28.6 Å². The lowest BCUT2D eigenvalue weighted by Crippen LogP contribution is -2.24. The second-order valence-corrected chi connectivity index (χ2v) is 4.27. The Morgan fingerprint density at radius 1 is 1.25 bits per heavy atom. The number of aromatic amines is 1. The zero-order chi connectivity index (χ0) is 14.4. The number of hydrogen-bond donors (Lipinski definition) is 3. The summed E-state index contributed by atoms with van der Waals surface area (Å²) in [6.45, 7) is 2.50. The molecule has 0 unspecified atom stereocenters. The number of anilines is 1. The summed E-state index contributed by atoms with van der Waals surface area (Å²) >= 11 is 0. The van der Waals surface area contributed by atoms with Crippen molar-refractivity contribution in [3.05, 3.63) is 47.8 Å². The Kier molecular flexibility index (Phi) is 4.49. The maximum Gasteiger partial charge on any atom is 0.258 e. The molecule has 0 fully saturated rings. The number of nitrogens with one attached hydrogen (secondary N) is 3. The summed E-state index contributed by atoms with van der Waals surface area (Å²) in [5.74, 6) is -0.238. The highest BCUT2D eigenvalue weighted by Crippen LogP contribution is 2.11. The number of nitrogens with zero attached hydrogens (tertiary/aromatic N) is 1. The predicted octanol–water partition coefficient (Wildman–Crippen LogP) is 1.34. The Morgan fingerprint density at radius 2 is 2.00 bits per heavy atom. The molecule has 0 aliphatic heterocycles. The topological polar surface area (TPSA) is 86.9 Å². The molecule has 0 radical (unpaired) electrons. The molecule has 20 heavy (non-hydrogen) atoms. The van der Waals surface area contributed by atoms with Crippen LogP contribution in [0.3, 0.4) is 0 Å². The van der Waals surface area contributed by atoms with Crippen LogP contribution in [0.4, 0.5) is 5.69 Å². The normalized spacial score (nSPS) is 10.1. The Bertz CT molecular complexity index is 576. The highest BCUT2D eigenvalue weighted by atomic mass is 16.2. The number of amides is 2. The minimum Gasteiger partial charge on any atom is -0.356 e. The molecule has 6 heteroatoms. The van der Waals surface area contributed by atoms with E-state index in [2.05, 4.69) is 20.8 Å². The van der Waals surface area contributed by atoms with Crippen molar-refractivity contribution in [2.45, 2.75) is 13.3 Å². The third kappa shape index (κ3) is 3.68. The van der Waals surface area contributed by atoms with Gasteiger partial charge in [0, 0.05) is 18.4 Å². The van der Waals surface area contributed by atoms with Crippen LogP contribution in [0.5, 0.6) is 0 Å². The first-order chi connectivity index (χ1) is 9.69. The van der Waals surface area contributed by atoms with Gasteiger partial charge in [-0.2, -0.15) is 5.10 Å². The van der Waals surface area contributed by atoms with E-state index in [-0.39, 0.29) is 11.8 Å². The third-order valence-corrected chi connectivity index (χ3v) is 2.71. The van der Waals surface area contributed by atoms with Gasteiger partial charge in [0.05, 0.1) is 18.2 Å². The van der Waals surface area contributed by atoms with Crippen molar-refractivity contribution >= 4 is 17.5 Å². The molecule has 1 aromatic heterocycles. The monoisotopic (exact) mass is 272 g/mol. The van der Waals surface area contributed by atoms with Gasteiger partial charge in [-0.25, -0.2) is 0 Å². The van der Waals surface area contributed by atoms with E-state index in [0.717, 1.165) is 5.56 Å². The third-order valence-electron chi connectivity index (χ3n) is 2.71. The number of aromatic nitrogens is 2. The van der Waals surface area contributed by atoms with Gasteiger partial charge in [-0.1, -0.05) is 12.1 Å². The summed E-state index contributed by atoms with van der Waals surface area (Å²) < 4.78 is 0. The van der Waals surface area contributed by atoms with Crippen molar-refractivity contribution < 1.29 is 9.59 Å². The van der Waals surface area contributed by atoms with E-state index in [0.29, 0.717) is 24.2 Å². The predicted molar refractivity (Wildman–Crippen MR) is 75.4 cm³/mol. The van der Waals surface area contributed by atoms with E-state index >= 15 is 0 Å². The largest absolute Gasteiger partial charge is 0.356 e. The standard InChI is InChI=1S/C14H16N4O2/c1-2-15-13(19)7-10-3-5-12(6-4-10)18-14(20)11-8-16-17-9-11/h3-6,8-9H,2,7H2,1H3,(H,15,19)(H,16,17)(H,18,20). The summed E-state index contributed by atoms with van der Waals surface area (Å²) in [5, 5.41) is 11.8. The number of hydrogen-bond acceptors (Lipinski definition) is 3. The highest BCUT2D eigenvalue weighted by molar-refractivity contribution is 6.03. The molecule has 104 valence electrons. The van der Waals surface area contributed by atoms with Crippen molar-refractivity contribution in [1.82, 2.24) is 15.5 Å². The minimum atomic E-state index is -0.227. The van der Waals surface area contributed by atoms with Gasteiger partial charge >= 0.3 is 0 Å². The molecular weight excluding hydrogens is 256 g/mol. The van der Waals surface area contributed by atoms with Gasteiger partial charge in [0.2, 0.25) is 5.91 Å². The molecular formula is C14H16N4O2. The van der Waals surface area contributed by atoms with Crippen LogP contribution < -0.4 is 10.6 Å². The number of benzene rings is 1. The molecule has 0 spiro atoms. The van der Waals surface area contributed by atoms with Gasteiger partial charge in [0.25, 0.3) is 5.91 Å². The van der Waals surface area contributed by atoms with Crippen LogP contribution in [0.25, 0.3) is 0 Å². The van der Waals surface area contributed by atoms with E-state index in [9.17, 15) is 9.59 Å². The van der Waals surface area contributed by atoms with Gasteiger partial charge in [-0.3, -0.25) is 14.7 Å². The molecule has 0 saturated carbocycles. The molecule has 0 aliphatic carbocycles. The van der Waals surface area contributed by atoms with Crippen LogP contribution in [0.2, 0.25) is 0 Å². The second-order valence-electron chi connectivity index (χ2n) is 4.27. The molecule has 0 bridgehead atoms. The van der Waals surface area contributed by atoms with E-state index in [1.165, 1.54) is 12.4 Å². The molecule has 1 aromatic carbocycles. The van der Waals surface area contributed by atoms with Crippen molar-refractivity contribution in [3.8, 4) is 0 Å². The Balaban J connectivity index is 1.95. The minimum absolute atomic E-state index is 0.0114. The van der Waals surface area contributed by atoms with Crippen LogP contribution in [0, 0.1) is 0 Å². The second kappa shape index (κ2) is 6.51. The smallest absolute Gasteiger partial charge is 0.258 e. The summed E-state index contributed by atoms with van der Waals surface area (Å²) in [6, 6.07) is 7.18. The Hall–Kier alpha value is -2.63. The number of rotatable bonds is 5. The van der Waals surface area contributed by atoms with E-state index in [1.54, 1.807) is 12.1 Å². The number of likely N-dealkylation sites (N-methyl/N-ethyl adjacent to an activating group) is 1. The number of carbonyl (C=O) groups is 2. The summed E-state index contributed by atoms with van der Waals surface area (Å²) in [7, 11) is 0. The lowest BCUT2D eigenvalue weighted by Gasteiger charge is -2.06. The fourth-order valence-corrected chi connectivity index (χ4v) is 1.73. The van der Waals surface area contributed by atoms with Crippen molar-refractivity contribution in [2.24, 2.45) is 0 Å². The maximum atomic E-state index is 11.8. The average molecular weight is 272 g/mol. The Labute approximate surface area is 116 Å². The van der Waals surface area contributed by atoms with E-state index < -0.39 is 0 Å². The SMILES string of the molecule is CCNC(=O)Cc1ccc(NC(=O)c2cn[nH]c2)cc1. The van der Waals surface area contributed by atoms with Gasteiger partial charge in [0.1, 0.15) is 0 Å². The zero-order valence-electron chi connectivity index (χ0n) is 11.1. The zero-order valence-corrected chi connectivity index (χ0v) is 11.1. The molecule has 1 heterocycles. The van der Waals surface area contributed by atoms with Crippen molar-refractivity contribution in [3.63, 3.8) is 0 Å². The lowest BCUT2D eigenvalue weighted by molar-refractivity contribution is -0.120. The maximum absolute atomic E-state index is 11.8. The molecule has 2 rings (SSSR count).